The van der Waals surface area contributed by atoms with Crippen LogP contribution in [0.5, 0.6) is 5.75 Å². The first-order valence-corrected chi connectivity index (χ1v) is 10.5. The lowest BCUT2D eigenvalue weighted by Crippen LogP contribution is -2.54. The summed E-state index contributed by atoms with van der Waals surface area (Å²) in [5.41, 5.74) is 1.06. The molecule has 0 bridgehead atoms. The number of phenolic OH excluding ortho intramolecular Hbond substituents is 1. The normalized spacial score (nSPS) is 28.3. The molecule has 8 heteroatoms. The number of benzene rings is 2. The largest absolute Gasteiger partial charge is 0.508 e. The van der Waals surface area contributed by atoms with Gasteiger partial charge in [-0.3, -0.25) is 9.59 Å². The summed E-state index contributed by atoms with van der Waals surface area (Å²) in [5.74, 6) is -2.99. The summed E-state index contributed by atoms with van der Waals surface area (Å²) in [4.78, 5) is 24.2. The fourth-order valence-corrected chi connectivity index (χ4v) is 5.34. The van der Waals surface area contributed by atoms with E-state index in [4.69, 9.17) is 23.2 Å². The van der Waals surface area contributed by atoms with Crippen LogP contribution in [0.3, 0.4) is 0 Å². The molecule has 0 saturated carbocycles. The van der Waals surface area contributed by atoms with Crippen LogP contribution in [0, 0.1) is 5.82 Å². The molecule has 1 aliphatic heterocycles. The first-order valence-electron chi connectivity index (χ1n) is 8.98. The average Bonchev–Trinajstić information content (AvgIpc) is 2.87. The molecule has 2 aromatic carbocycles. The van der Waals surface area contributed by atoms with Gasteiger partial charge in [0.1, 0.15) is 11.6 Å². The number of aromatic hydroxyl groups is 1. The number of hydrogen-bond donors (Lipinski definition) is 1. The van der Waals surface area contributed by atoms with Crippen molar-refractivity contribution < 1.29 is 19.1 Å². The highest BCUT2D eigenvalue weighted by molar-refractivity contribution is 9.10. The lowest BCUT2D eigenvalue weighted by atomic mass is 9.68. The molecule has 2 amide bonds. The van der Waals surface area contributed by atoms with Gasteiger partial charge in [0.2, 0.25) is 0 Å². The van der Waals surface area contributed by atoms with E-state index in [9.17, 15) is 19.1 Å². The summed E-state index contributed by atoms with van der Waals surface area (Å²) in [6.45, 7) is 3.80. The Bertz CT molecular complexity index is 1120. The number of alkyl halides is 2. The van der Waals surface area contributed by atoms with E-state index in [2.05, 4.69) is 22.5 Å². The minimum atomic E-state index is -1.93. The van der Waals surface area contributed by atoms with E-state index in [0.29, 0.717) is 15.6 Å². The third kappa shape index (κ3) is 2.77. The van der Waals surface area contributed by atoms with Crippen molar-refractivity contribution in [2.24, 2.45) is 0 Å². The van der Waals surface area contributed by atoms with Crippen molar-refractivity contribution in [2.75, 3.05) is 4.90 Å². The summed E-state index contributed by atoms with van der Waals surface area (Å²) in [6.07, 6.45) is 3.22. The molecule has 30 heavy (non-hydrogen) atoms. The second-order valence-corrected chi connectivity index (χ2v) is 9.34. The van der Waals surface area contributed by atoms with Crippen molar-refractivity contribution in [3.05, 3.63) is 82.6 Å². The molecule has 0 spiro atoms. The average molecular weight is 511 g/mol. The Morgan fingerprint density at radius 1 is 1.17 bits per heavy atom. The van der Waals surface area contributed by atoms with Gasteiger partial charge in [0.15, 0.2) is 9.75 Å². The molecule has 2 aromatic rings. The Labute approximate surface area is 190 Å². The van der Waals surface area contributed by atoms with E-state index in [1.54, 1.807) is 18.2 Å². The minimum Gasteiger partial charge on any atom is -0.508 e. The number of halogens is 4. The van der Waals surface area contributed by atoms with Crippen LogP contribution in [0.25, 0.3) is 0 Å². The quantitative estimate of drug-likeness (QED) is 0.443. The number of phenols is 1. The van der Waals surface area contributed by atoms with Crippen LogP contribution in [0.2, 0.25) is 0 Å². The van der Waals surface area contributed by atoms with Crippen molar-refractivity contribution in [2.45, 2.75) is 22.1 Å². The summed E-state index contributed by atoms with van der Waals surface area (Å²) in [7, 11) is 0. The number of hydrogen-bond acceptors (Lipinski definition) is 3. The van der Waals surface area contributed by atoms with E-state index >= 15 is 0 Å². The monoisotopic (exact) mass is 509 g/mol. The third-order valence-corrected chi connectivity index (χ3v) is 7.51. The summed E-state index contributed by atoms with van der Waals surface area (Å²) in [6, 6.07) is 9.65. The van der Waals surface area contributed by atoms with Crippen molar-refractivity contribution in [1.29, 1.82) is 0 Å². The second-order valence-electron chi connectivity index (χ2n) is 7.18. The summed E-state index contributed by atoms with van der Waals surface area (Å²) >= 11 is 17.2. The van der Waals surface area contributed by atoms with Gasteiger partial charge in [-0.2, -0.15) is 0 Å². The molecule has 1 N–H and O–H groups in total. The van der Waals surface area contributed by atoms with Gasteiger partial charge in [-0.15, -0.1) is 23.2 Å². The minimum absolute atomic E-state index is 0.00700. The molecule has 2 aliphatic rings. The summed E-state index contributed by atoms with van der Waals surface area (Å²) in [5, 5.41) is 10.5. The number of anilines is 1. The maximum absolute atomic E-state index is 13.6. The first kappa shape index (κ1) is 21.1. The molecule has 0 aromatic heterocycles. The molecule has 0 radical (unpaired) electrons. The molecule has 4 nitrogen and oxygen atoms in total. The van der Waals surface area contributed by atoms with E-state index in [1.165, 1.54) is 24.3 Å². The van der Waals surface area contributed by atoms with Crippen molar-refractivity contribution in [1.82, 2.24) is 0 Å². The number of carbonyl (C=O) groups excluding carboxylic acids is 2. The van der Waals surface area contributed by atoms with Gasteiger partial charge in [-0.1, -0.05) is 34.7 Å². The van der Waals surface area contributed by atoms with Gasteiger partial charge in [-0.05, 0) is 54.5 Å². The zero-order valence-electron chi connectivity index (χ0n) is 15.4. The molecule has 3 atom stereocenters. The number of amides is 2. The Hall–Kier alpha value is -2.15. The smallest absolute Gasteiger partial charge is 0.258 e. The van der Waals surface area contributed by atoms with Gasteiger partial charge >= 0.3 is 0 Å². The van der Waals surface area contributed by atoms with Gasteiger partial charge in [0.25, 0.3) is 11.8 Å². The molecule has 154 valence electrons. The van der Waals surface area contributed by atoms with Gasteiger partial charge in [0.05, 0.1) is 5.69 Å². The number of rotatable bonds is 3. The van der Waals surface area contributed by atoms with Crippen LogP contribution in [-0.4, -0.2) is 26.7 Å². The van der Waals surface area contributed by atoms with Crippen LogP contribution < -0.4 is 4.90 Å². The molecule has 3 unspecified atom stereocenters. The van der Waals surface area contributed by atoms with E-state index in [-0.39, 0.29) is 17.9 Å². The van der Waals surface area contributed by atoms with Crippen LogP contribution in [0.1, 0.15) is 17.9 Å². The van der Waals surface area contributed by atoms with E-state index < -0.39 is 33.3 Å². The highest BCUT2D eigenvalue weighted by Crippen LogP contribution is 2.60. The molecule has 1 heterocycles. The first-order chi connectivity index (χ1) is 14.1. The zero-order chi connectivity index (χ0) is 21.8. The lowest BCUT2D eigenvalue weighted by molar-refractivity contribution is -0.122. The molecule has 1 saturated heterocycles. The number of carbonyl (C=O) groups is 2. The van der Waals surface area contributed by atoms with Crippen LogP contribution in [-0.2, 0) is 9.59 Å². The molecular formula is C22H15BrCl2FNO3. The fourth-order valence-electron chi connectivity index (χ4n) is 4.13. The van der Waals surface area contributed by atoms with Gasteiger partial charge in [0, 0.05) is 16.0 Å². The Morgan fingerprint density at radius 3 is 2.47 bits per heavy atom. The molecular weight excluding hydrogens is 496 g/mol. The van der Waals surface area contributed by atoms with E-state index in [1.807, 2.05) is 0 Å². The standard InChI is InChI=1S/C22H15BrCl2FNO3/c1-2-12-9-10-21(24)19(29)27(15-6-4-14(26)5-7-15)20(30)22(21,25)18(12)16-11-13(23)3-8-17(16)28/h2-9,11,18,28H,1,10H2. The fraction of sp³-hybridized carbons (Fsp3) is 0.182. The number of allylic oxidation sites excluding steroid dienone is 3. The highest BCUT2D eigenvalue weighted by atomic mass is 79.9. The van der Waals surface area contributed by atoms with Crippen LogP contribution in [0.4, 0.5) is 10.1 Å². The van der Waals surface area contributed by atoms with E-state index in [0.717, 1.165) is 17.0 Å². The number of imide groups is 1. The topological polar surface area (TPSA) is 57.6 Å². The van der Waals surface area contributed by atoms with Crippen molar-refractivity contribution >= 4 is 56.6 Å². The second kappa shape index (κ2) is 7.22. The maximum Gasteiger partial charge on any atom is 0.258 e. The molecule has 1 aliphatic carbocycles. The van der Waals surface area contributed by atoms with Gasteiger partial charge in [-0.25, -0.2) is 9.29 Å². The van der Waals surface area contributed by atoms with Crippen LogP contribution in [0.15, 0.2) is 71.2 Å². The predicted octanol–water partition coefficient (Wildman–Crippen LogP) is 5.42. The predicted molar refractivity (Wildman–Crippen MR) is 118 cm³/mol. The molecule has 4 rings (SSSR count). The third-order valence-electron chi connectivity index (χ3n) is 5.60. The maximum atomic E-state index is 13.6. The number of fused-ring (bicyclic) bond motifs is 1. The van der Waals surface area contributed by atoms with Crippen molar-refractivity contribution in [3.8, 4) is 5.75 Å². The van der Waals surface area contributed by atoms with Crippen LogP contribution >= 0.6 is 39.1 Å². The highest BCUT2D eigenvalue weighted by Gasteiger charge is 2.73. The Kier molecular flexibility index (Phi) is 5.08. The molecule has 1 fully saturated rings. The SMILES string of the molecule is C=CC1=CCC2(Cl)C(=O)N(c3ccc(F)cc3)C(=O)C2(Cl)C1c1cc(Br)ccc1O. The Morgan fingerprint density at radius 2 is 1.83 bits per heavy atom. The number of nitrogens with zero attached hydrogens (tertiary/aromatic N) is 1. The lowest BCUT2D eigenvalue weighted by Gasteiger charge is -2.42. The van der Waals surface area contributed by atoms with Gasteiger partial charge < -0.3 is 5.11 Å². The summed E-state index contributed by atoms with van der Waals surface area (Å²) < 4.78 is 14.0. The van der Waals surface area contributed by atoms with Crippen molar-refractivity contribution in [3.63, 3.8) is 0 Å². The zero-order valence-corrected chi connectivity index (χ0v) is 18.5. The Balaban J connectivity index is 1.95.